The van der Waals surface area contributed by atoms with E-state index in [1.165, 1.54) is 24.3 Å². The molecule has 2 N–H and O–H groups in total. The average Bonchev–Trinajstić information content (AvgIpc) is 2.15. The SMILES string of the molecule is CC(C)OC(=O)Oc1ccc([As](=O)(O)O)cc1. The molecule has 0 unspecified atom stereocenters. The summed E-state index contributed by atoms with van der Waals surface area (Å²) in [6, 6.07) is 5.05. The first-order chi connectivity index (χ1) is 7.79. The predicted octanol–water partition coefficient (Wildman–Crippen LogP) is 0.171. The number of carbonyl (C=O) groups excluding carboxylic acids is 1. The fraction of sp³-hybridized carbons (Fsp3) is 0.300. The van der Waals surface area contributed by atoms with Crippen molar-refractivity contribution in [2.75, 3.05) is 0 Å². The molecule has 0 radical (unpaired) electrons. The normalized spacial score (nSPS) is 11.4. The summed E-state index contributed by atoms with van der Waals surface area (Å²) in [5.74, 6) is 0.170. The van der Waals surface area contributed by atoms with E-state index in [1.54, 1.807) is 13.8 Å². The van der Waals surface area contributed by atoms with Crippen molar-refractivity contribution < 1.29 is 26.2 Å². The van der Waals surface area contributed by atoms with Gasteiger partial charge < -0.3 is 0 Å². The van der Waals surface area contributed by atoms with Crippen molar-refractivity contribution in [2.24, 2.45) is 0 Å². The molecule has 1 aromatic carbocycles. The Kier molecular flexibility index (Phi) is 4.39. The van der Waals surface area contributed by atoms with Crippen LogP contribution in [0.5, 0.6) is 5.75 Å². The van der Waals surface area contributed by atoms with E-state index < -0.39 is 20.3 Å². The zero-order valence-electron chi connectivity index (χ0n) is 9.36. The summed E-state index contributed by atoms with van der Waals surface area (Å²) >= 11 is -4.87. The molecule has 0 saturated heterocycles. The Morgan fingerprint density at radius 1 is 1.24 bits per heavy atom. The molecule has 0 heterocycles. The van der Waals surface area contributed by atoms with Crippen LogP contribution >= 0.6 is 0 Å². The van der Waals surface area contributed by atoms with Crippen molar-refractivity contribution in [3.05, 3.63) is 24.3 Å². The Labute approximate surface area is 101 Å². The summed E-state index contributed by atoms with van der Waals surface area (Å²) in [6.07, 6.45) is -1.14. The fourth-order valence-electron chi connectivity index (χ4n) is 1.02. The molecule has 0 atom stereocenters. The Morgan fingerprint density at radius 2 is 1.76 bits per heavy atom. The Morgan fingerprint density at radius 3 is 2.18 bits per heavy atom. The molecular formula is C10H13AsO6. The van der Waals surface area contributed by atoms with Gasteiger partial charge in [0.2, 0.25) is 0 Å². The van der Waals surface area contributed by atoms with E-state index in [0.717, 1.165) is 0 Å². The molecule has 94 valence electrons. The zero-order chi connectivity index (χ0) is 13.1. The van der Waals surface area contributed by atoms with Crippen LogP contribution in [-0.2, 0) is 8.48 Å². The minimum absolute atomic E-state index is 0.0762. The van der Waals surface area contributed by atoms with Gasteiger partial charge in [-0.25, -0.2) is 0 Å². The molecule has 1 aromatic rings. The van der Waals surface area contributed by atoms with Gasteiger partial charge >= 0.3 is 101 Å². The average molecular weight is 304 g/mol. The first-order valence-corrected chi connectivity index (χ1v) is 8.22. The number of ether oxygens (including phenoxy) is 2. The number of hydrogen-bond donors (Lipinski definition) is 2. The van der Waals surface area contributed by atoms with Crippen LogP contribution in [0.2, 0.25) is 0 Å². The minimum atomic E-state index is -4.87. The van der Waals surface area contributed by atoms with Crippen LogP contribution in [0.1, 0.15) is 13.8 Å². The topological polar surface area (TPSA) is 93.1 Å². The monoisotopic (exact) mass is 304 g/mol. The van der Waals surface area contributed by atoms with Crippen molar-refractivity contribution >= 4 is 24.7 Å². The second-order valence-corrected chi connectivity index (χ2v) is 6.92. The summed E-state index contributed by atoms with van der Waals surface area (Å²) in [5.41, 5.74) is 0. The third kappa shape index (κ3) is 4.64. The molecular weight excluding hydrogens is 291 g/mol. The maximum absolute atomic E-state index is 11.1. The zero-order valence-corrected chi connectivity index (χ0v) is 11.2. The third-order valence-electron chi connectivity index (χ3n) is 1.71. The van der Waals surface area contributed by atoms with Gasteiger partial charge in [0, 0.05) is 0 Å². The molecule has 0 aromatic heterocycles. The molecule has 6 nitrogen and oxygen atoms in total. The molecule has 0 saturated carbocycles. The van der Waals surface area contributed by atoms with Gasteiger partial charge in [0.1, 0.15) is 0 Å². The standard InChI is InChI=1S/C10H13AsO6/c1-7(2)16-10(12)17-9-5-3-8(4-6-9)11(13,14)15/h3-7H,1-2H3,(H2,13,14,15). The van der Waals surface area contributed by atoms with Crippen LogP contribution in [0.25, 0.3) is 0 Å². The Balaban J connectivity index is 2.69. The van der Waals surface area contributed by atoms with Gasteiger partial charge in [0.15, 0.2) is 0 Å². The third-order valence-corrected chi connectivity index (χ3v) is 3.74. The molecule has 17 heavy (non-hydrogen) atoms. The van der Waals surface area contributed by atoms with Crippen LogP contribution in [0, 0.1) is 0 Å². The molecule has 0 aliphatic carbocycles. The van der Waals surface area contributed by atoms with Crippen molar-refractivity contribution in [2.45, 2.75) is 20.0 Å². The van der Waals surface area contributed by atoms with E-state index in [4.69, 9.17) is 17.7 Å². The summed E-state index contributed by atoms with van der Waals surface area (Å²) in [4.78, 5) is 11.1. The summed E-state index contributed by atoms with van der Waals surface area (Å²) in [6.45, 7) is 3.36. The van der Waals surface area contributed by atoms with E-state index in [2.05, 4.69) is 0 Å². The molecule has 0 amide bonds. The van der Waals surface area contributed by atoms with Gasteiger partial charge in [-0.3, -0.25) is 0 Å². The van der Waals surface area contributed by atoms with Gasteiger partial charge in [-0.05, 0) is 0 Å². The summed E-state index contributed by atoms with van der Waals surface area (Å²) < 4.78 is 38.2. The van der Waals surface area contributed by atoms with Crippen molar-refractivity contribution in [3.63, 3.8) is 0 Å². The molecule has 1 rings (SSSR count). The first-order valence-electron chi connectivity index (χ1n) is 4.83. The molecule has 0 bridgehead atoms. The van der Waals surface area contributed by atoms with Crippen LogP contribution in [-0.4, -0.2) is 34.6 Å². The second-order valence-electron chi connectivity index (χ2n) is 3.56. The van der Waals surface area contributed by atoms with E-state index in [0.29, 0.717) is 0 Å². The van der Waals surface area contributed by atoms with Crippen molar-refractivity contribution in [1.82, 2.24) is 0 Å². The van der Waals surface area contributed by atoms with E-state index in [9.17, 15) is 8.53 Å². The quantitative estimate of drug-likeness (QED) is 0.470. The van der Waals surface area contributed by atoms with Crippen LogP contribution in [0.4, 0.5) is 4.79 Å². The molecule has 0 aliphatic heterocycles. The first kappa shape index (κ1) is 13.8. The molecule has 0 spiro atoms. The predicted molar refractivity (Wildman–Crippen MR) is 59.2 cm³/mol. The molecule has 7 heteroatoms. The number of rotatable bonds is 3. The van der Waals surface area contributed by atoms with Gasteiger partial charge in [-0.2, -0.15) is 0 Å². The second kappa shape index (κ2) is 5.40. The maximum atomic E-state index is 11.1. The Bertz CT molecular complexity index is 433. The van der Waals surface area contributed by atoms with Gasteiger partial charge in [-0.15, -0.1) is 0 Å². The van der Waals surface area contributed by atoms with Crippen molar-refractivity contribution in [3.8, 4) is 5.75 Å². The van der Waals surface area contributed by atoms with Gasteiger partial charge in [-0.1, -0.05) is 0 Å². The summed E-state index contributed by atoms with van der Waals surface area (Å²) in [7, 11) is 0. The van der Waals surface area contributed by atoms with E-state index in [1.807, 2.05) is 0 Å². The van der Waals surface area contributed by atoms with Gasteiger partial charge in [0.25, 0.3) is 0 Å². The van der Waals surface area contributed by atoms with Crippen LogP contribution < -0.4 is 9.09 Å². The van der Waals surface area contributed by atoms with Crippen LogP contribution in [0.3, 0.4) is 0 Å². The molecule has 0 fully saturated rings. The van der Waals surface area contributed by atoms with Gasteiger partial charge in [0.05, 0.1) is 0 Å². The van der Waals surface area contributed by atoms with E-state index >= 15 is 0 Å². The van der Waals surface area contributed by atoms with Crippen molar-refractivity contribution in [1.29, 1.82) is 0 Å². The van der Waals surface area contributed by atoms with E-state index in [-0.39, 0.29) is 16.2 Å². The van der Waals surface area contributed by atoms with Crippen LogP contribution in [0.15, 0.2) is 24.3 Å². The number of hydrogen-bond acceptors (Lipinski definition) is 4. The Hall–Kier alpha value is -1.23. The fourth-order valence-corrected chi connectivity index (χ4v) is 2.15. The number of carbonyl (C=O) groups is 1. The number of benzene rings is 1. The molecule has 0 aliphatic rings. The summed E-state index contributed by atoms with van der Waals surface area (Å²) in [5, 5.41) is 0.